The van der Waals surface area contributed by atoms with Crippen molar-refractivity contribution in [3.05, 3.63) is 12.7 Å². The fourth-order valence-electron chi connectivity index (χ4n) is 1.67. The number of carboxylic acid groups (broad SMARTS) is 1. The number of ether oxygens (including phenoxy) is 1. The third kappa shape index (κ3) is 3.36. The van der Waals surface area contributed by atoms with Gasteiger partial charge in [0.15, 0.2) is 5.41 Å². The molecule has 0 aromatic carbocycles. The maximum Gasteiger partial charge on any atom is 0.323 e. The molecular formula is C12H20O4. The summed E-state index contributed by atoms with van der Waals surface area (Å²) < 4.78 is 4.86. The molecular weight excluding hydrogens is 208 g/mol. The maximum atomic E-state index is 11.8. The monoisotopic (exact) mass is 228 g/mol. The number of rotatable bonds is 8. The van der Waals surface area contributed by atoms with Gasteiger partial charge >= 0.3 is 11.9 Å². The number of carbonyl (C=O) groups excluding carboxylic acids is 1. The van der Waals surface area contributed by atoms with E-state index in [-0.39, 0.29) is 13.0 Å². The zero-order valence-corrected chi connectivity index (χ0v) is 9.99. The molecule has 0 heterocycles. The van der Waals surface area contributed by atoms with Crippen LogP contribution in [0.4, 0.5) is 0 Å². The number of esters is 1. The molecule has 4 heteroatoms. The second-order valence-electron chi connectivity index (χ2n) is 3.69. The zero-order chi connectivity index (χ0) is 12.6. The van der Waals surface area contributed by atoms with Crippen LogP contribution >= 0.6 is 0 Å². The minimum atomic E-state index is -1.40. The molecule has 0 aliphatic carbocycles. The van der Waals surface area contributed by atoms with Crippen molar-refractivity contribution in [1.29, 1.82) is 0 Å². The van der Waals surface area contributed by atoms with E-state index in [0.717, 1.165) is 0 Å². The first-order chi connectivity index (χ1) is 7.55. The van der Waals surface area contributed by atoms with E-state index in [9.17, 15) is 14.7 Å². The van der Waals surface area contributed by atoms with E-state index in [0.29, 0.717) is 19.3 Å². The van der Waals surface area contributed by atoms with E-state index in [1.54, 1.807) is 13.0 Å². The fourth-order valence-corrected chi connectivity index (χ4v) is 1.67. The predicted octanol–water partition coefficient (Wildman–Crippen LogP) is 2.39. The van der Waals surface area contributed by atoms with Gasteiger partial charge in [-0.3, -0.25) is 9.59 Å². The average molecular weight is 228 g/mol. The summed E-state index contributed by atoms with van der Waals surface area (Å²) in [4.78, 5) is 23.1. The number of carboxylic acids is 1. The number of allylic oxidation sites excluding steroid dienone is 1. The van der Waals surface area contributed by atoms with Gasteiger partial charge in [-0.25, -0.2) is 0 Å². The molecule has 0 amide bonds. The van der Waals surface area contributed by atoms with Crippen LogP contribution < -0.4 is 0 Å². The largest absolute Gasteiger partial charge is 0.480 e. The SMILES string of the molecule is C=CCCC(CCC)(C(=O)O)C(=O)OCC. The molecule has 0 bridgehead atoms. The highest BCUT2D eigenvalue weighted by Crippen LogP contribution is 2.32. The van der Waals surface area contributed by atoms with Crippen molar-refractivity contribution in [1.82, 2.24) is 0 Å². The predicted molar refractivity (Wildman–Crippen MR) is 61.0 cm³/mol. The maximum absolute atomic E-state index is 11.8. The summed E-state index contributed by atoms with van der Waals surface area (Å²) in [7, 11) is 0. The molecule has 1 N–H and O–H groups in total. The van der Waals surface area contributed by atoms with Crippen LogP contribution in [-0.2, 0) is 14.3 Å². The Morgan fingerprint density at radius 2 is 2.00 bits per heavy atom. The molecule has 0 aromatic heterocycles. The third-order valence-corrected chi connectivity index (χ3v) is 2.53. The molecule has 0 aromatic rings. The summed E-state index contributed by atoms with van der Waals surface area (Å²) in [6, 6.07) is 0. The Labute approximate surface area is 96.3 Å². The first-order valence-corrected chi connectivity index (χ1v) is 5.56. The van der Waals surface area contributed by atoms with Gasteiger partial charge in [0, 0.05) is 0 Å². The molecule has 0 spiro atoms. The van der Waals surface area contributed by atoms with E-state index in [4.69, 9.17) is 4.74 Å². The smallest absolute Gasteiger partial charge is 0.323 e. The van der Waals surface area contributed by atoms with E-state index in [2.05, 4.69) is 6.58 Å². The van der Waals surface area contributed by atoms with Crippen molar-refractivity contribution < 1.29 is 19.4 Å². The molecule has 1 atom stereocenters. The lowest BCUT2D eigenvalue weighted by atomic mass is 9.79. The van der Waals surface area contributed by atoms with Gasteiger partial charge in [0.2, 0.25) is 0 Å². The van der Waals surface area contributed by atoms with Crippen molar-refractivity contribution >= 4 is 11.9 Å². The quantitative estimate of drug-likeness (QED) is 0.393. The summed E-state index contributed by atoms with van der Waals surface area (Å²) in [5, 5.41) is 9.24. The minimum Gasteiger partial charge on any atom is -0.480 e. The highest BCUT2D eigenvalue weighted by molar-refractivity contribution is 5.99. The fraction of sp³-hybridized carbons (Fsp3) is 0.667. The molecule has 0 rings (SSSR count). The number of carbonyl (C=O) groups is 2. The first-order valence-electron chi connectivity index (χ1n) is 5.56. The molecule has 0 saturated heterocycles. The van der Waals surface area contributed by atoms with E-state index < -0.39 is 17.4 Å². The Bertz CT molecular complexity index is 260. The Kier molecular flexibility index (Phi) is 6.46. The first kappa shape index (κ1) is 14.7. The van der Waals surface area contributed by atoms with Crippen LogP contribution in [0.5, 0.6) is 0 Å². The van der Waals surface area contributed by atoms with Crippen molar-refractivity contribution in [2.75, 3.05) is 6.61 Å². The molecule has 0 radical (unpaired) electrons. The van der Waals surface area contributed by atoms with Crippen molar-refractivity contribution in [3.63, 3.8) is 0 Å². The molecule has 92 valence electrons. The van der Waals surface area contributed by atoms with Crippen molar-refractivity contribution in [3.8, 4) is 0 Å². The highest BCUT2D eigenvalue weighted by atomic mass is 16.5. The summed E-state index contributed by atoms with van der Waals surface area (Å²) >= 11 is 0. The summed E-state index contributed by atoms with van der Waals surface area (Å²) in [6.07, 6.45) is 3.29. The van der Waals surface area contributed by atoms with Crippen LogP contribution in [0.25, 0.3) is 0 Å². The number of aliphatic carboxylic acids is 1. The van der Waals surface area contributed by atoms with Crippen molar-refractivity contribution in [2.24, 2.45) is 5.41 Å². The minimum absolute atomic E-state index is 0.200. The molecule has 0 fully saturated rings. The molecule has 1 unspecified atom stereocenters. The highest BCUT2D eigenvalue weighted by Gasteiger charge is 2.45. The van der Waals surface area contributed by atoms with Gasteiger partial charge in [-0.05, 0) is 26.2 Å². The summed E-state index contributed by atoms with van der Waals surface area (Å²) in [5.41, 5.74) is -1.40. The molecule has 16 heavy (non-hydrogen) atoms. The molecule has 0 saturated carbocycles. The zero-order valence-electron chi connectivity index (χ0n) is 9.99. The van der Waals surface area contributed by atoms with E-state index in [1.807, 2.05) is 6.92 Å². The molecule has 0 aliphatic rings. The topological polar surface area (TPSA) is 63.6 Å². The van der Waals surface area contributed by atoms with Crippen LogP contribution in [0, 0.1) is 5.41 Å². The normalized spacial score (nSPS) is 13.9. The Morgan fingerprint density at radius 3 is 2.38 bits per heavy atom. The Morgan fingerprint density at radius 1 is 1.38 bits per heavy atom. The second-order valence-corrected chi connectivity index (χ2v) is 3.69. The van der Waals surface area contributed by atoms with Gasteiger partial charge in [0.1, 0.15) is 0 Å². The lowest BCUT2D eigenvalue weighted by molar-refractivity contribution is -0.169. The summed E-state index contributed by atoms with van der Waals surface area (Å²) in [5.74, 6) is -1.74. The molecule has 4 nitrogen and oxygen atoms in total. The van der Waals surface area contributed by atoms with Crippen LogP contribution in [0.1, 0.15) is 39.5 Å². The van der Waals surface area contributed by atoms with E-state index in [1.165, 1.54) is 0 Å². The Hall–Kier alpha value is -1.32. The van der Waals surface area contributed by atoms with Crippen LogP contribution in [0.2, 0.25) is 0 Å². The summed E-state index contributed by atoms with van der Waals surface area (Å²) in [6.45, 7) is 7.27. The third-order valence-electron chi connectivity index (χ3n) is 2.53. The Balaban J connectivity index is 4.98. The van der Waals surface area contributed by atoms with Gasteiger partial charge in [0.05, 0.1) is 6.61 Å². The average Bonchev–Trinajstić information content (AvgIpc) is 2.24. The lowest BCUT2D eigenvalue weighted by Crippen LogP contribution is -2.40. The van der Waals surface area contributed by atoms with Gasteiger partial charge in [-0.1, -0.05) is 19.4 Å². The van der Waals surface area contributed by atoms with E-state index >= 15 is 0 Å². The van der Waals surface area contributed by atoms with Gasteiger partial charge in [-0.15, -0.1) is 6.58 Å². The van der Waals surface area contributed by atoms with Crippen LogP contribution in [0.3, 0.4) is 0 Å². The van der Waals surface area contributed by atoms with Crippen LogP contribution in [-0.4, -0.2) is 23.7 Å². The van der Waals surface area contributed by atoms with Gasteiger partial charge in [-0.2, -0.15) is 0 Å². The van der Waals surface area contributed by atoms with Gasteiger partial charge in [0.25, 0.3) is 0 Å². The second kappa shape index (κ2) is 7.04. The molecule has 0 aliphatic heterocycles. The standard InChI is InChI=1S/C12H20O4/c1-4-7-9-12(8-5-2,10(13)14)11(15)16-6-3/h4H,1,5-9H2,2-3H3,(H,13,14). The van der Waals surface area contributed by atoms with Crippen molar-refractivity contribution in [2.45, 2.75) is 39.5 Å². The number of hydrogen-bond acceptors (Lipinski definition) is 3. The lowest BCUT2D eigenvalue weighted by Gasteiger charge is -2.26. The van der Waals surface area contributed by atoms with Crippen LogP contribution in [0.15, 0.2) is 12.7 Å². The number of hydrogen-bond donors (Lipinski definition) is 1. The van der Waals surface area contributed by atoms with Gasteiger partial charge < -0.3 is 9.84 Å².